The van der Waals surface area contributed by atoms with Crippen molar-refractivity contribution in [1.82, 2.24) is 14.9 Å². The number of carbonyl (C=O) groups excluding carboxylic acids is 1. The zero-order valence-corrected chi connectivity index (χ0v) is 23.7. The average molecular weight is 613 g/mol. The Bertz CT molecular complexity index is 1540. The number of hydrogen-bond acceptors (Lipinski definition) is 7. The van der Waals surface area contributed by atoms with Crippen molar-refractivity contribution in [2.45, 2.75) is 36.9 Å². The van der Waals surface area contributed by atoms with Crippen molar-refractivity contribution in [3.63, 3.8) is 0 Å². The van der Waals surface area contributed by atoms with E-state index in [9.17, 15) is 26.4 Å². The lowest BCUT2D eigenvalue weighted by molar-refractivity contribution is -0.141. The summed E-state index contributed by atoms with van der Waals surface area (Å²) in [5.41, 5.74) is 1.72. The second-order valence-corrected chi connectivity index (χ2v) is 12.1. The molecule has 1 atom stereocenters. The van der Waals surface area contributed by atoms with Crippen molar-refractivity contribution in [1.29, 1.82) is 0 Å². The van der Waals surface area contributed by atoms with Gasteiger partial charge in [0.25, 0.3) is 10.0 Å². The summed E-state index contributed by atoms with van der Waals surface area (Å²) in [7, 11) is -4.18. The van der Waals surface area contributed by atoms with E-state index in [-0.39, 0.29) is 19.7 Å². The molecule has 3 aromatic rings. The summed E-state index contributed by atoms with van der Waals surface area (Å²) in [6.45, 7) is 4.89. The maximum atomic E-state index is 13.4. The molecular formula is C27H32ClF3N6O3S. The number of benzene rings is 2. The summed E-state index contributed by atoms with van der Waals surface area (Å²) >= 11 is 6.16. The zero-order valence-electron chi connectivity index (χ0n) is 22.1. The molecule has 0 aliphatic carbocycles. The van der Waals surface area contributed by atoms with Gasteiger partial charge in [0.2, 0.25) is 5.91 Å². The van der Waals surface area contributed by atoms with Crippen LogP contribution in [-0.4, -0.2) is 68.0 Å². The highest BCUT2D eigenvalue weighted by Gasteiger charge is 2.34. The predicted octanol–water partition coefficient (Wildman–Crippen LogP) is 4.93. The van der Waals surface area contributed by atoms with Gasteiger partial charge < -0.3 is 14.7 Å². The number of piperazine rings is 1. The van der Waals surface area contributed by atoms with Gasteiger partial charge in [0.05, 0.1) is 4.90 Å². The molecule has 1 saturated heterocycles. The van der Waals surface area contributed by atoms with Crippen LogP contribution >= 0.6 is 11.6 Å². The van der Waals surface area contributed by atoms with Crippen LogP contribution in [0.5, 0.6) is 0 Å². The molecule has 14 heteroatoms. The number of nitrogens with one attached hydrogen (secondary N) is 1. The number of anilines is 3. The van der Waals surface area contributed by atoms with Crippen LogP contribution in [0, 0.1) is 0 Å². The van der Waals surface area contributed by atoms with Gasteiger partial charge in [-0.25, -0.2) is 18.4 Å². The van der Waals surface area contributed by atoms with E-state index in [1.807, 2.05) is 30.0 Å². The molecule has 0 unspecified atom stereocenters. The van der Waals surface area contributed by atoms with Gasteiger partial charge >= 0.3 is 6.18 Å². The van der Waals surface area contributed by atoms with Crippen molar-refractivity contribution in [2.24, 2.45) is 0 Å². The zero-order chi connectivity index (χ0) is 29.4. The van der Waals surface area contributed by atoms with Crippen molar-refractivity contribution in [3.8, 4) is 0 Å². The molecule has 3 heterocycles. The summed E-state index contributed by atoms with van der Waals surface area (Å²) < 4.78 is 66.2. The number of aryl methyl sites for hydroxylation is 1. The van der Waals surface area contributed by atoms with Gasteiger partial charge in [-0.2, -0.15) is 13.2 Å². The Labute approximate surface area is 244 Å². The molecule has 1 amide bonds. The molecular weight excluding hydrogens is 581 g/mol. The molecule has 41 heavy (non-hydrogen) atoms. The Balaban J connectivity index is 0.00000253. The third-order valence-corrected chi connectivity index (χ3v) is 8.93. The number of fused-ring (bicyclic) bond motifs is 1. The van der Waals surface area contributed by atoms with Gasteiger partial charge in [0.1, 0.15) is 23.9 Å². The van der Waals surface area contributed by atoms with Crippen LogP contribution in [0.15, 0.2) is 59.8 Å². The van der Waals surface area contributed by atoms with E-state index >= 15 is 0 Å². The minimum atomic E-state index is -4.73. The third-order valence-electron chi connectivity index (χ3n) is 7.32. The van der Waals surface area contributed by atoms with Gasteiger partial charge in [0, 0.05) is 58.0 Å². The molecule has 5 rings (SSSR count). The van der Waals surface area contributed by atoms with Gasteiger partial charge in [-0.05, 0) is 67.8 Å². The van der Waals surface area contributed by atoms with E-state index in [4.69, 9.17) is 11.6 Å². The number of hydrogen-bond donors (Lipinski definition) is 1. The van der Waals surface area contributed by atoms with Crippen LogP contribution < -0.4 is 14.5 Å². The van der Waals surface area contributed by atoms with Crippen molar-refractivity contribution in [3.05, 3.63) is 71.1 Å². The molecule has 2 aliphatic rings. The third kappa shape index (κ3) is 6.35. The van der Waals surface area contributed by atoms with Crippen LogP contribution in [0.1, 0.15) is 27.5 Å². The highest BCUT2D eigenvalue weighted by atomic mass is 35.5. The Morgan fingerprint density at radius 3 is 2.41 bits per heavy atom. The van der Waals surface area contributed by atoms with E-state index in [1.165, 1.54) is 12.1 Å². The first-order valence-corrected chi connectivity index (χ1v) is 14.9. The van der Waals surface area contributed by atoms with Crippen LogP contribution in [0.3, 0.4) is 0 Å². The number of aromatic nitrogens is 2. The quantitative estimate of drug-likeness (QED) is 0.421. The summed E-state index contributed by atoms with van der Waals surface area (Å²) in [5, 5.41) is 0.688. The minimum Gasteiger partial charge on any atom is -0.368 e. The van der Waals surface area contributed by atoms with Crippen molar-refractivity contribution >= 4 is 44.7 Å². The van der Waals surface area contributed by atoms with E-state index in [1.54, 1.807) is 12.1 Å². The summed E-state index contributed by atoms with van der Waals surface area (Å²) in [5.74, 6) is -0.429. The lowest BCUT2D eigenvalue weighted by atomic mass is 10.00. The summed E-state index contributed by atoms with van der Waals surface area (Å²) in [4.78, 5) is 26.0. The predicted molar refractivity (Wildman–Crippen MR) is 154 cm³/mol. The number of rotatable bonds is 6. The molecule has 0 bridgehead atoms. The number of amides is 1. The van der Waals surface area contributed by atoms with E-state index in [2.05, 4.69) is 24.5 Å². The van der Waals surface area contributed by atoms with Gasteiger partial charge in [-0.3, -0.25) is 9.52 Å². The molecule has 222 valence electrons. The van der Waals surface area contributed by atoms with Crippen molar-refractivity contribution in [2.75, 3.05) is 47.2 Å². The topological polar surface area (TPSA) is 98.7 Å². The second kappa shape index (κ2) is 11.4. The van der Waals surface area contributed by atoms with Crippen LogP contribution in [-0.2, 0) is 27.4 Å². The maximum absolute atomic E-state index is 13.4. The van der Waals surface area contributed by atoms with Crippen molar-refractivity contribution < 1.29 is 29.2 Å². The summed E-state index contributed by atoms with van der Waals surface area (Å²) in [6, 6.07) is 12.0. The fraction of sp³-hybridized carbons (Fsp3) is 0.370. The van der Waals surface area contributed by atoms with Crippen LogP contribution in [0.2, 0.25) is 5.02 Å². The Hall–Kier alpha value is -3.58. The Kier molecular flexibility index (Phi) is 8.02. The Morgan fingerprint density at radius 1 is 1.02 bits per heavy atom. The first-order chi connectivity index (χ1) is 19.4. The molecule has 2 aromatic carbocycles. The lowest BCUT2D eigenvalue weighted by Crippen LogP contribution is -2.55. The number of sulfonamides is 1. The first-order valence-electron chi connectivity index (χ1n) is 13.0. The fourth-order valence-corrected chi connectivity index (χ4v) is 6.37. The van der Waals surface area contributed by atoms with E-state index in [0.29, 0.717) is 43.6 Å². The SMILES string of the molecule is C[C@H](C(=O)N1CCN(c2ccc(S(=O)(=O)Nc3cc(C(F)(F)F)ncn3)cc2)CC1)N1CCCc2cc(Cl)ccc21.[HH].[HH]. The second-order valence-electron chi connectivity index (χ2n) is 9.94. The smallest absolute Gasteiger partial charge is 0.368 e. The molecule has 0 radical (unpaired) electrons. The van der Waals surface area contributed by atoms with Crippen LogP contribution in [0.25, 0.3) is 0 Å². The maximum Gasteiger partial charge on any atom is 0.433 e. The van der Waals surface area contributed by atoms with Gasteiger partial charge in [-0.15, -0.1) is 0 Å². The Morgan fingerprint density at radius 2 is 1.73 bits per heavy atom. The van der Waals surface area contributed by atoms with Crippen LogP contribution in [0.4, 0.5) is 30.4 Å². The normalized spacial score (nSPS) is 16.8. The van der Waals surface area contributed by atoms with E-state index < -0.39 is 27.7 Å². The molecule has 1 N–H and O–H groups in total. The van der Waals surface area contributed by atoms with Gasteiger partial charge in [0.15, 0.2) is 0 Å². The number of nitrogens with zero attached hydrogens (tertiary/aromatic N) is 5. The molecule has 1 aromatic heterocycles. The van der Waals surface area contributed by atoms with Gasteiger partial charge in [-0.1, -0.05) is 11.6 Å². The largest absolute Gasteiger partial charge is 0.433 e. The summed E-state index contributed by atoms with van der Waals surface area (Å²) in [6.07, 6.45) is -2.20. The minimum absolute atomic E-state index is 0. The number of alkyl halides is 3. The standard InChI is InChI=1S/C27H28ClF3N6O3S.2H2/c1-18(37-10-2-3-19-15-20(28)4-9-23(19)37)26(38)36-13-11-35(12-14-36)21-5-7-22(8-6-21)41(39,40)34-25-16-24(27(29,30)31)32-17-33-25;;/h4-9,15-18H,2-3,10-14H2,1H3,(H,32,33,34);2*1H/t18-;;/m1../s1. The number of halogens is 4. The highest BCUT2D eigenvalue weighted by Crippen LogP contribution is 2.32. The molecule has 9 nitrogen and oxygen atoms in total. The average Bonchev–Trinajstić information content (AvgIpc) is 2.95. The number of carbonyl (C=O) groups is 1. The molecule has 0 saturated carbocycles. The molecule has 2 aliphatic heterocycles. The highest BCUT2D eigenvalue weighted by molar-refractivity contribution is 7.92. The fourth-order valence-electron chi connectivity index (χ4n) is 5.18. The first kappa shape index (κ1) is 28.9. The lowest BCUT2D eigenvalue weighted by Gasteiger charge is -2.41. The molecule has 1 fully saturated rings. The van der Waals surface area contributed by atoms with E-state index in [0.717, 1.165) is 36.3 Å². The monoisotopic (exact) mass is 612 g/mol. The molecule has 0 spiro atoms.